The topological polar surface area (TPSA) is 90.4 Å². The number of benzene rings is 2. The standard InChI is InChI=1S/C22H28IN3O2/c1-14-6-4-5-7-19(14)16(3)28-22(27)26-21(15(2)12-13-23)20(25)17-8-10-18(24)11-9-17/h4-11,15-16H,12-13,24-25H2,1-3H3,(H,26,27)/b21-20+/t15?,16-/m1/s1. The van der Waals surface area contributed by atoms with Crippen LogP contribution < -0.4 is 16.8 Å². The Labute approximate surface area is 180 Å². The number of alkyl halides is 1. The van der Waals surface area contributed by atoms with Gasteiger partial charge in [-0.05, 0) is 55.0 Å². The molecule has 0 fully saturated rings. The first-order valence-electron chi connectivity index (χ1n) is 9.28. The van der Waals surface area contributed by atoms with Gasteiger partial charge in [0.15, 0.2) is 0 Å². The van der Waals surface area contributed by atoms with E-state index in [4.69, 9.17) is 16.2 Å². The van der Waals surface area contributed by atoms with Gasteiger partial charge in [0.1, 0.15) is 6.10 Å². The van der Waals surface area contributed by atoms with Crippen LogP contribution in [0.5, 0.6) is 0 Å². The molecule has 28 heavy (non-hydrogen) atoms. The van der Waals surface area contributed by atoms with Crippen molar-refractivity contribution in [2.75, 3.05) is 10.2 Å². The largest absolute Gasteiger partial charge is 0.441 e. The smallest absolute Gasteiger partial charge is 0.412 e. The van der Waals surface area contributed by atoms with Crippen molar-refractivity contribution >= 4 is 40.1 Å². The summed E-state index contributed by atoms with van der Waals surface area (Å²) in [5, 5.41) is 2.89. The summed E-state index contributed by atoms with van der Waals surface area (Å²) in [6.07, 6.45) is 0.0173. The second-order valence-electron chi connectivity index (χ2n) is 6.86. The fourth-order valence-electron chi connectivity index (χ4n) is 2.99. The second kappa shape index (κ2) is 10.4. The number of hydrogen-bond donors (Lipinski definition) is 3. The predicted molar refractivity (Wildman–Crippen MR) is 124 cm³/mol. The van der Waals surface area contributed by atoms with Crippen molar-refractivity contribution in [2.45, 2.75) is 33.3 Å². The number of alkyl carbamates (subject to hydrolysis) is 1. The Morgan fingerprint density at radius 3 is 2.39 bits per heavy atom. The minimum absolute atomic E-state index is 0.0794. The predicted octanol–water partition coefficient (Wildman–Crippen LogP) is 5.15. The third-order valence-electron chi connectivity index (χ3n) is 4.69. The minimum atomic E-state index is -0.510. The maximum absolute atomic E-state index is 12.6. The summed E-state index contributed by atoms with van der Waals surface area (Å²) in [5.41, 5.74) is 16.9. The number of carbonyl (C=O) groups is 1. The van der Waals surface area contributed by atoms with Crippen LogP contribution in [0.3, 0.4) is 0 Å². The molecular weight excluding hydrogens is 465 g/mol. The van der Waals surface area contributed by atoms with Gasteiger partial charge in [0.2, 0.25) is 0 Å². The third kappa shape index (κ3) is 5.89. The number of ether oxygens (including phenoxy) is 1. The van der Waals surface area contributed by atoms with Gasteiger partial charge in [-0.15, -0.1) is 0 Å². The van der Waals surface area contributed by atoms with Crippen molar-refractivity contribution in [1.82, 2.24) is 5.32 Å². The van der Waals surface area contributed by atoms with E-state index in [2.05, 4.69) is 27.9 Å². The summed E-state index contributed by atoms with van der Waals surface area (Å²) < 4.78 is 6.57. The zero-order chi connectivity index (χ0) is 20.7. The molecule has 0 bridgehead atoms. The summed E-state index contributed by atoms with van der Waals surface area (Å²) in [5.74, 6) is 0.0794. The highest BCUT2D eigenvalue weighted by molar-refractivity contribution is 14.1. The van der Waals surface area contributed by atoms with Gasteiger partial charge in [-0.25, -0.2) is 4.79 Å². The average molecular weight is 493 g/mol. The molecule has 150 valence electrons. The number of nitrogens with one attached hydrogen (secondary N) is 1. The van der Waals surface area contributed by atoms with Crippen LogP contribution in [0.1, 0.15) is 43.1 Å². The molecular formula is C22H28IN3O2. The number of hydrogen-bond acceptors (Lipinski definition) is 4. The van der Waals surface area contributed by atoms with Gasteiger partial charge in [0, 0.05) is 15.8 Å². The fraction of sp³-hybridized carbons (Fsp3) is 0.318. The van der Waals surface area contributed by atoms with E-state index >= 15 is 0 Å². The molecule has 0 heterocycles. The Hall–Kier alpha value is -2.22. The Bertz CT molecular complexity index is 834. The molecule has 0 aromatic heterocycles. The molecule has 0 aliphatic heterocycles. The van der Waals surface area contributed by atoms with Crippen molar-refractivity contribution in [2.24, 2.45) is 11.7 Å². The van der Waals surface area contributed by atoms with E-state index in [1.807, 2.05) is 57.2 Å². The molecule has 0 aliphatic rings. The lowest BCUT2D eigenvalue weighted by molar-refractivity contribution is 0.108. The van der Waals surface area contributed by atoms with Crippen molar-refractivity contribution in [3.63, 3.8) is 0 Å². The second-order valence-corrected chi connectivity index (χ2v) is 7.94. The van der Waals surface area contributed by atoms with E-state index in [1.165, 1.54) is 0 Å². The normalized spacial score (nSPS) is 14.0. The lowest BCUT2D eigenvalue weighted by atomic mass is 9.99. The maximum Gasteiger partial charge on any atom is 0.412 e. The molecule has 0 spiro atoms. The summed E-state index contributed by atoms with van der Waals surface area (Å²) in [7, 11) is 0. The van der Waals surface area contributed by atoms with Gasteiger partial charge in [0.05, 0.1) is 5.70 Å². The number of aryl methyl sites for hydroxylation is 1. The zero-order valence-corrected chi connectivity index (χ0v) is 18.7. The monoisotopic (exact) mass is 493 g/mol. The van der Waals surface area contributed by atoms with E-state index in [0.717, 1.165) is 27.5 Å². The van der Waals surface area contributed by atoms with Gasteiger partial charge in [-0.3, -0.25) is 5.32 Å². The molecule has 0 saturated heterocycles. The van der Waals surface area contributed by atoms with Crippen molar-refractivity contribution in [1.29, 1.82) is 0 Å². The van der Waals surface area contributed by atoms with Crippen molar-refractivity contribution < 1.29 is 9.53 Å². The molecule has 2 aromatic rings. The van der Waals surface area contributed by atoms with E-state index < -0.39 is 6.09 Å². The van der Waals surface area contributed by atoms with Gasteiger partial charge in [-0.1, -0.05) is 65.9 Å². The third-order valence-corrected chi connectivity index (χ3v) is 5.32. The molecule has 0 radical (unpaired) electrons. The summed E-state index contributed by atoms with van der Waals surface area (Å²) >= 11 is 2.32. The molecule has 0 saturated carbocycles. The summed E-state index contributed by atoms with van der Waals surface area (Å²) in [6.45, 7) is 5.91. The number of allylic oxidation sites excluding steroid dienone is 1. The van der Waals surface area contributed by atoms with E-state index in [-0.39, 0.29) is 12.0 Å². The van der Waals surface area contributed by atoms with Crippen molar-refractivity contribution in [3.05, 3.63) is 70.9 Å². The minimum Gasteiger partial charge on any atom is -0.441 e. The maximum atomic E-state index is 12.6. The highest BCUT2D eigenvalue weighted by Gasteiger charge is 2.20. The first-order chi connectivity index (χ1) is 13.3. The molecule has 0 aliphatic carbocycles. The van der Waals surface area contributed by atoms with Gasteiger partial charge >= 0.3 is 6.09 Å². The van der Waals surface area contributed by atoms with Crippen LogP contribution in [-0.2, 0) is 4.74 Å². The van der Waals surface area contributed by atoms with E-state index in [1.54, 1.807) is 12.1 Å². The van der Waals surface area contributed by atoms with E-state index in [9.17, 15) is 4.79 Å². The van der Waals surface area contributed by atoms with Crippen LogP contribution in [0, 0.1) is 12.8 Å². The lowest BCUT2D eigenvalue weighted by Gasteiger charge is -2.22. The van der Waals surface area contributed by atoms with Crippen LogP contribution in [0.25, 0.3) is 5.70 Å². The van der Waals surface area contributed by atoms with E-state index in [0.29, 0.717) is 17.1 Å². The molecule has 6 heteroatoms. The highest BCUT2D eigenvalue weighted by atomic mass is 127. The Morgan fingerprint density at radius 1 is 1.14 bits per heavy atom. The molecule has 2 atom stereocenters. The van der Waals surface area contributed by atoms with Crippen molar-refractivity contribution in [3.8, 4) is 0 Å². The lowest BCUT2D eigenvalue weighted by Crippen LogP contribution is -2.30. The average Bonchev–Trinajstić information content (AvgIpc) is 2.66. The fourth-order valence-corrected chi connectivity index (χ4v) is 3.92. The number of nitrogens with two attached hydrogens (primary N) is 2. The molecule has 1 unspecified atom stereocenters. The molecule has 2 rings (SSSR count). The Balaban J connectivity index is 2.22. The molecule has 5 nitrogen and oxygen atoms in total. The molecule has 2 aromatic carbocycles. The SMILES string of the molecule is Cc1ccccc1[C@@H](C)OC(=O)N/C(=C(/N)c1ccc(N)cc1)C(C)CCI. The zero-order valence-electron chi connectivity index (χ0n) is 16.5. The molecule has 1 amide bonds. The highest BCUT2D eigenvalue weighted by Crippen LogP contribution is 2.24. The number of amides is 1. The Morgan fingerprint density at radius 2 is 1.79 bits per heavy atom. The van der Waals surface area contributed by atoms with Crippen LogP contribution in [-0.4, -0.2) is 10.5 Å². The Kier molecular flexibility index (Phi) is 8.17. The van der Waals surface area contributed by atoms with Crippen LogP contribution in [0.2, 0.25) is 0 Å². The van der Waals surface area contributed by atoms with Crippen LogP contribution >= 0.6 is 22.6 Å². The number of anilines is 1. The summed E-state index contributed by atoms with van der Waals surface area (Å²) in [4.78, 5) is 12.6. The van der Waals surface area contributed by atoms with Gasteiger partial charge in [-0.2, -0.15) is 0 Å². The quantitative estimate of drug-likeness (QED) is 0.283. The first kappa shape index (κ1) is 22.1. The van der Waals surface area contributed by atoms with Crippen LogP contribution in [0.4, 0.5) is 10.5 Å². The summed E-state index contributed by atoms with van der Waals surface area (Å²) in [6, 6.07) is 15.2. The number of halogens is 1. The number of nitrogen functional groups attached to an aromatic ring is 1. The number of carbonyl (C=O) groups excluding carboxylic acids is 1. The number of rotatable bonds is 7. The molecule has 5 N–H and O–H groups in total. The van der Waals surface area contributed by atoms with Gasteiger partial charge < -0.3 is 16.2 Å². The van der Waals surface area contributed by atoms with Gasteiger partial charge in [0.25, 0.3) is 0 Å². The first-order valence-corrected chi connectivity index (χ1v) is 10.8. The van der Waals surface area contributed by atoms with Crippen LogP contribution in [0.15, 0.2) is 54.2 Å².